The monoisotopic (exact) mass is 418 g/mol. The third kappa shape index (κ3) is 4.70. The van der Waals surface area contributed by atoms with E-state index in [2.05, 4.69) is 20.6 Å². The minimum Gasteiger partial charge on any atom is -0.353 e. The molecule has 0 saturated heterocycles. The number of nitrogens with zero attached hydrogens (tertiary/aromatic N) is 2. The lowest BCUT2D eigenvalue weighted by molar-refractivity contribution is -0.137. The van der Waals surface area contributed by atoms with Gasteiger partial charge in [-0.1, -0.05) is 6.07 Å². The van der Waals surface area contributed by atoms with Gasteiger partial charge in [0.25, 0.3) is 5.91 Å². The smallest absolute Gasteiger partial charge is 0.353 e. The van der Waals surface area contributed by atoms with Crippen LogP contribution < -0.4 is 15.1 Å². The number of para-hydroxylation sites is 1. The number of anilines is 3. The Morgan fingerprint density at radius 2 is 1.89 bits per heavy atom. The molecular weight excluding hydrogens is 401 g/mol. The Labute approximate surface area is 159 Å². The van der Waals surface area contributed by atoms with Gasteiger partial charge in [0.05, 0.1) is 41.6 Å². The summed E-state index contributed by atoms with van der Waals surface area (Å²) in [6, 6.07) is 4.52. The molecule has 0 atom stereocenters. The van der Waals surface area contributed by atoms with Crippen LogP contribution in [-0.2, 0) is 21.0 Å². The molecule has 2 N–H and O–H groups in total. The number of carbonyl (C=O) groups is 1. The number of aromatic nitrogens is 1. The normalized spacial score (nSPS) is 11.8. The summed E-state index contributed by atoms with van der Waals surface area (Å²) in [5.74, 6) is -0.692. The van der Waals surface area contributed by atoms with E-state index in [0.29, 0.717) is 4.31 Å². The number of benzene rings is 1. The van der Waals surface area contributed by atoms with Crippen molar-refractivity contribution in [2.45, 2.75) is 6.18 Å². The first-order chi connectivity index (χ1) is 13.0. The van der Waals surface area contributed by atoms with E-state index in [0.717, 1.165) is 25.4 Å². The Morgan fingerprint density at radius 3 is 2.46 bits per heavy atom. The van der Waals surface area contributed by atoms with Gasteiger partial charge in [-0.2, -0.15) is 13.2 Å². The topological polar surface area (TPSA) is 101 Å². The van der Waals surface area contributed by atoms with Crippen LogP contribution in [0.25, 0.3) is 0 Å². The van der Waals surface area contributed by atoms with Crippen LogP contribution in [0.4, 0.5) is 30.2 Å². The average Bonchev–Trinajstić information content (AvgIpc) is 2.60. The Kier molecular flexibility index (Phi) is 6.14. The molecule has 0 bridgehead atoms. The van der Waals surface area contributed by atoms with Crippen molar-refractivity contribution < 1.29 is 31.2 Å². The van der Waals surface area contributed by atoms with Crippen LogP contribution in [0.1, 0.15) is 15.9 Å². The molecule has 8 nitrogen and oxygen atoms in total. The molecule has 12 heteroatoms. The van der Waals surface area contributed by atoms with Gasteiger partial charge in [0, 0.05) is 19.4 Å². The maximum absolute atomic E-state index is 13.5. The van der Waals surface area contributed by atoms with Crippen molar-refractivity contribution >= 4 is 33.0 Å². The van der Waals surface area contributed by atoms with Crippen LogP contribution in [-0.4, -0.2) is 39.7 Å². The Balaban J connectivity index is 2.64. The van der Waals surface area contributed by atoms with Crippen molar-refractivity contribution in [3.8, 4) is 0 Å². The zero-order valence-electron chi connectivity index (χ0n) is 15.0. The molecule has 0 radical (unpaired) electrons. The summed E-state index contributed by atoms with van der Waals surface area (Å²) in [5, 5.41) is 2.68. The number of hydroxylamine groups is 1. The highest BCUT2D eigenvalue weighted by atomic mass is 32.2. The molecule has 0 spiro atoms. The number of hydrogen-bond acceptors (Lipinski definition) is 6. The van der Waals surface area contributed by atoms with Gasteiger partial charge in [0.15, 0.2) is 0 Å². The van der Waals surface area contributed by atoms with Gasteiger partial charge in [-0.15, -0.1) is 0 Å². The van der Waals surface area contributed by atoms with Crippen molar-refractivity contribution in [3.05, 3.63) is 47.8 Å². The lowest BCUT2D eigenvalue weighted by Gasteiger charge is -2.25. The van der Waals surface area contributed by atoms with E-state index in [4.69, 9.17) is 0 Å². The minimum absolute atomic E-state index is 0.0188. The molecule has 0 fully saturated rings. The van der Waals surface area contributed by atoms with Gasteiger partial charge in [-0.3, -0.25) is 18.9 Å². The van der Waals surface area contributed by atoms with Gasteiger partial charge in [0.2, 0.25) is 10.0 Å². The number of carbonyl (C=O) groups excluding carboxylic acids is 1. The Hall–Kier alpha value is -2.86. The van der Waals surface area contributed by atoms with Gasteiger partial charge < -0.3 is 5.32 Å². The second-order valence-corrected chi connectivity index (χ2v) is 7.63. The van der Waals surface area contributed by atoms with Crippen molar-refractivity contribution in [2.24, 2.45) is 0 Å². The maximum atomic E-state index is 13.5. The standard InChI is InChI=1S/C16H17F3N4O4S/c1-23(28(3,25)26)14-11(16(17,18)19)5-4-6-13(14)21-12-7-8-20-9-10(12)15(24)22-27-2/h4-9H,1-3H3,(H,20,21)(H,22,24). The first kappa shape index (κ1) is 21.4. The van der Waals surface area contributed by atoms with Gasteiger partial charge in [-0.25, -0.2) is 13.9 Å². The summed E-state index contributed by atoms with van der Waals surface area (Å²) >= 11 is 0. The summed E-state index contributed by atoms with van der Waals surface area (Å²) in [6.45, 7) is 0. The third-order valence-corrected chi connectivity index (χ3v) is 4.86. The number of sulfonamides is 1. The van der Waals surface area contributed by atoms with Crippen molar-refractivity contribution in [3.63, 3.8) is 0 Å². The third-order valence-electron chi connectivity index (χ3n) is 3.68. The minimum atomic E-state index is -4.81. The molecule has 0 aliphatic carbocycles. The second-order valence-electron chi connectivity index (χ2n) is 5.61. The van der Waals surface area contributed by atoms with Crippen LogP contribution in [0.15, 0.2) is 36.7 Å². The molecule has 1 heterocycles. The lowest BCUT2D eigenvalue weighted by Crippen LogP contribution is -2.28. The first-order valence-electron chi connectivity index (χ1n) is 7.65. The molecule has 1 aromatic carbocycles. The van der Waals surface area contributed by atoms with E-state index in [-0.39, 0.29) is 16.9 Å². The molecule has 2 rings (SSSR count). The van der Waals surface area contributed by atoms with Gasteiger partial charge >= 0.3 is 6.18 Å². The highest BCUT2D eigenvalue weighted by molar-refractivity contribution is 7.92. The number of rotatable bonds is 6. The number of nitrogens with one attached hydrogen (secondary N) is 2. The number of hydrogen-bond donors (Lipinski definition) is 2. The van der Waals surface area contributed by atoms with E-state index in [1.807, 2.05) is 0 Å². The molecule has 0 unspecified atom stereocenters. The van der Waals surface area contributed by atoms with Crippen LogP contribution in [0.2, 0.25) is 0 Å². The largest absolute Gasteiger partial charge is 0.418 e. The highest BCUT2D eigenvalue weighted by Crippen LogP contribution is 2.42. The zero-order chi connectivity index (χ0) is 21.1. The quantitative estimate of drug-likeness (QED) is 0.700. The number of alkyl halides is 3. The van der Waals surface area contributed by atoms with E-state index in [1.54, 1.807) is 0 Å². The van der Waals surface area contributed by atoms with Crippen LogP contribution in [0.5, 0.6) is 0 Å². The molecular formula is C16H17F3N4O4S. The van der Waals surface area contributed by atoms with Crippen LogP contribution >= 0.6 is 0 Å². The summed E-state index contributed by atoms with van der Waals surface area (Å²) < 4.78 is 64.8. The fourth-order valence-corrected chi connectivity index (χ4v) is 2.88. The summed E-state index contributed by atoms with van der Waals surface area (Å²) in [6.07, 6.45) is -1.52. The average molecular weight is 418 g/mol. The fraction of sp³-hybridized carbons (Fsp3) is 0.250. The molecule has 1 aromatic heterocycles. The van der Waals surface area contributed by atoms with E-state index in [1.165, 1.54) is 31.6 Å². The number of halogens is 3. The van der Waals surface area contributed by atoms with E-state index < -0.39 is 33.4 Å². The summed E-state index contributed by atoms with van der Waals surface area (Å²) in [7, 11) is -1.78. The SMILES string of the molecule is CONC(=O)c1cnccc1Nc1cccc(C(F)(F)F)c1N(C)S(C)(=O)=O. The summed E-state index contributed by atoms with van der Waals surface area (Å²) in [4.78, 5) is 20.4. The molecule has 2 aromatic rings. The predicted octanol–water partition coefficient (Wildman–Crippen LogP) is 2.53. The number of pyridine rings is 1. The lowest BCUT2D eigenvalue weighted by atomic mass is 10.1. The van der Waals surface area contributed by atoms with Gasteiger partial charge in [0.1, 0.15) is 0 Å². The number of amides is 1. The zero-order valence-corrected chi connectivity index (χ0v) is 15.9. The molecule has 0 aliphatic heterocycles. The van der Waals surface area contributed by atoms with Gasteiger partial charge in [-0.05, 0) is 18.2 Å². The molecule has 152 valence electrons. The van der Waals surface area contributed by atoms with Crippen LogP contribution in [0.3, 0.4) is 0 Å². The Morgan fingerprint density at radius 1 is 1.21 bits per heavy atom. The van der Waals surface area contributed by atoms with Crippen LogP contribution in [0, 0.1) is 0 Å². The fourth-order valence-electron chi connectivity index (χ4n) is 2.36. The molecule has 28 heavy (non-hydrogen) atoms. The molecule has 1 amide bonds. The summed E-state index contributed by atoms with van der Waals surface area (Å²) in [5.41, 5.74) is 0.244. The highest BCUT2D eigenvalue weighted by Gasteiger charge is 2.37. The van der Waals surface area contributed by atoms with Crippen molar-refractivity contribution in [1.29, 1.82) is 0 Å². The van der Waals surface area contributed by atoms with Crippen molar-refractivity contribution in [1.82, 2.24) is 10.5 Å². The first-order valence-corrected chi connectivity index (χ1v) is 9.50. The second kappa shape index (κ2) is 8.02. The predicted molar refractivity (Wildman–Crippen MR) is 96.7 cm³/mol. The van der Waals surface area contributed by atoms with E-state index >= 15 is 0 Å². The van der Waals surface area contributed by atoms with Crippen molar-refractivity contribution in [2.75, 3.05) is 30.0 Å². The van der Waals surface area contributed by atoms with E-state index in [9.17, 15) is 26.4 Å². The molecule has 0 aliphatic rings. The molecule has 0 saturated carbocycles. The Bertz CT molecular complexity index is 980. The maximum Gasteiger partial charge on any atom is 0.418 e.